The van der Waals surface area contributed by atoms with Crippen molar-refractivity contribution in [2.75, 3.05) is 0 Å². The molecule has 5 nitrogen and oxygen atoms in total. The van der Waals surface area contributed by atoms with Crippen molar-refractivity contribution in [3.8, 4) is 34.8 Å². The van der Waals surface area contributed by atoms with Crippen molar-refractivity contribution in [3.05, 3.63) is 47.5 Å². The number of hydrogen-bond donors (Lipinski definition) is 3. The molecule has 106 valence electrons. The summed E-state index contributed by atoms with van der Waals surface area (Å²) in [4.78, 5) is 10.8. The molecule has 0 aliphatic heterocycles. The van der Waals surface area contributed by atoms with Gasteiger partial charge in [0, 0.05) is 18.1 Å². The summed E-state index contributed by atoms with van der Waals surface area (Å²) in [5, 5.41) is 28.3. The van der Waals surface area contributed by atoms with E-state index in [9.17, 15) is 20.1 Å². The van der Waals surface area contributed by atoms with Gasteiger partial charge in [0.2, 0.25) is 0 Å². The molecular weight excluding hydrogens is 272 g/mol. The summed E-state index contributed by atoms with van der Waals surface area (Å²) in [6, 6.07) is 8.61. The third-order valence-corrected chi connectivity index (χ3v) is 2.54. The Morgan fingerprint density at radius 1 is 0.905 bits per heavy atom. The van der Waals surface area contributed by atoms with E-state index in [1.54, 1.807) is 12.1 Å². The third-order valence-electron chi connectivity index (χ3n) is 2.54. The van der Waals surface area contributed by atoms with E-state index < -0.39 is 5.97 Å². The Labute approximate surface area is 121 Å². The molecule has 0 fully saturated rings. The summed E-state index contributed by atoms with van der Waals surface area (Å²) < 4.78 is 4.79. The number of esters is 1. The van der Waals surface area contributed by atoms with E-state index in [-0.39, 0.29) is 23.0 Å². The second-order valence-electron chi connectivity index (χ2n) is 4.23. The summed E-state index contributed by atoms with van der Waals surface area (Å²) in [5.41, 5.74) is 1.02. The first kappa shape index (κ1) is 14.3. The second-order valence-corrected chi connectivity index (χ2v) is 4.23. The molecule has 0 saturated heterocycles. The van der Waals surface area contributed by atoms with Gasteiger partial charge in [-0.25, -0.2) is 0 Å². The van der Waals surface area contributed by atoms with Gasteiger partial charge in [0.25, 0.3) is 0 Å². The third kappa shape index (κ3) is 3.67. The van der Waals surface area contributed by atoms with Crippen LogP contribution in [0.25, 0.3) is 0 Å². The van der Waals surface area contributed by atoms with Gasteiger partial charge in [-0.3, -0.25) is 4.79 Å². The molecule has 3 N–H and O–H groups in total. The number of carbonyl (C=O) groups is 1. The van der Waals surface area contributed by atoms with Crippen molar-refractivity contribution in [1.82, 2.24) is 0 Å². The lowest BCUT2D eigenvalue weighted by molar-refractivity contribution is -0.132. The molecule has 0 radical (unpaired) electrons. The smallest absolute Gasteiger partial charge is 0.308 e. The zero-order chi connectivity index (χ0) is 15.4. The highest BCUT2D eigenvalue weighted by Gasteiger charge is 2.05. The van der Waals surface area contributed by atoms with Crippen molar-refractivity contribution in [1.29, 1.82) is 0 Å². The molecule has 0 saturated carbocycles. The Balaban J connectivity index is 2.24. The zero-order valence-corrected chi connectivity index (χ0v) is 11.1. The summed E-state index contributed by atoms with van der Waals surface area (Å²) in [6.45, 7) is 1.24. The summed E-state index contributed by atoms with van der Waals surface area (Å²) in [7, 11) is 0. The van der Waals surface area contributed by atoms with Crippen LogP contribution in [0, 0.1) is 11.8 Å². The van der Waals surface area contributed by atoms with Crippen LogP contribution in [0.4, 0.5) is 0 Å². The molecule has 0 unspecified atom stereocenters. The van der Waals surface area contributed by atoms with Crippen LogP contribution in [0.2, 0.25) is 0 Å². The Morgan fingerprint density at radius 2 is 1.48 bits per heavy atom. The number of ether oxygens (including phenoxy) is 1. The molecule has 2 aromatic carbocycles. The normalized spacial score (nSPS) is 9.57. The summed E-state index contributed by atoms with van der Waals surface area (Å²) in [6.07, 6.45) is 0. The van der Waals surface area contributed by atoms with Crippen LogP contribution in [-0.4, -0.2) is 21.3 Å². The van der Waals surface area contributed by atoms with Crippen LogP contribution in [0.3, 0.4) is 0 Å². The predicted molar refractivity (Wildman–Crippen MR) is 75.2 cm³/mol. The van der Waals surface area contributed by atoms with Gasteiger partial charge in [-0.05, 0) is 36.4 Å². The Kier molecular flexibility index (Phi) is 4.00. The Morgan fingerprint density at radius 3 is 2.00 bits per heavy atom. The van der Waals surface area contributed by atoms with Gasteiger partial charge in [0.15, 0.2) is 23.0 Å². The molecule has 0 spiro atoms. The highest BCUT2D eigenvalue weighted by molar-refractivity contribution is 5.70. The first-order valence-corrected chi connectivity index (χ1v) is 6.01. The van der Waals surface area contributed by atoms with E-state index in [0.717, 1.165) is 0 Å². The number of aromatic hydroxyl groups is 3. The van der Waals surface area contributed by atoms with Gasteiger partial charge >= 0.3 is 5.97 Å². The maximum Gasteiger partial charge on any atom is 0.308 e. The molecular formula is C16H12O5. The van der Waals surface area contributed by atoms with Crippen molar-refractivity contribution in [2.24, 2.45) is 0 Å². The van der Waals surface area contributed by atoms with Gasteiger partial charge in [-0.2, -0.15) is 0 Å². The Bertz CT molecular complexity index is 753. The molecule has 5 heteroatoms. The van der Waals surface area contributed by atoms with E-state index in [0.29, 0.717) is 11.1 Å². The van der Waals surface area contributed by atoms with Crippen LogP contribution >= 0.6 is 0 Å². The van der Waals surface area contributed by atoms with Gasteiger partial charge in [-0.1, -0.05) is 11.8 Å². The fourth-order valence-corrected chi connectivity index (χ4v) is 1.58. The highest BCUT2D eigenvalue weighted by atomic mass is 16.5. The van der Waals surface area contributed by atoms with Gasteiger partial charge < -0.3 is 20.1 Å². The van der Waals surface area contributed by atoms with E-state index in [1.807, 2.05) is 0 Å². The van der Waals surface area contributed by atoms with Gasteiger partial charge in [0.05, 0.1) is 0 Å². The average molecular weight is 284 g/mol. The average Bonchev–Trinajstić information content (AvgIpc) is 2.42. The quantitative estimate of drug-likeness (QED) is 0.323. The lowest BCUT2D eigenvalue weighted by Gasteiger charge is -2.03. The van der Waals surface area contributed by atoms with Gasteiger partial charge in [0.1, 0.15) is 0 Å². The largest absolute Gasteiger partial charge is 0.504 e. The monoisotopic (exact) mass is 284 g/mol. The van der Waals surface area contributed by atoms with Crippen LogP contribution < -0.4 is 4.74 Å². The first-order valence-electron chi connectivity index (χ1n) is 6.01. The molecule has 0 aliphatic rings. The van der Waals surface area contributed by atoms with E-state index in [4.69, 9.17) is 4.74 Å². The molecule has 0 aromatic heterocycles. The number of rotatable bonds is 1. The van der Waals surface area contributed by atoms with Gasteiger partial charge in [-0.15, -0.1) is 0 Å². The lowest BCUT2D eigenvalue weighted by Crippen LogP contribution is -2.01. The van der Waals surface area contributed by atoms with Crippen LogP contribution in [-0.2, 0) is 4.79 Å². The van der Waals surface area contributed by atoms with E-state index in [1.165, 1.54) is 31.2 Å². The van der Waals surface area contributed by atoms with Crippen molar-refractivity contribution >= 4 is 5.97 Å². The standard InChI is InChI=1S/C16H12O5/c1-10(17)21-16-7-5-12(9-15(16)20)3-2-11-4-6-13(18)14(19)8-11/h4-9,18-20H,1H3. The number of phenols is 3. The molecule has 2 rings (SSSR count). The minimum Gasteiger partial charge on any atom is -0.504 e. The zero-order valence-electron chi connectivity index (χ0n) is 11.1. The minimum atomic E-state index is -0.524. The fourth-order valence-electron chi connectivity index (χ4n) is 1.58. The van der Waals surface area contributed by atoms with Crippen LogP contribution in [0.15, 0.2) is 36.4 Å². The molecule has 2 aromatic rings. The van der Waals surface area contributed by atoms with Crippen LogP contribution in [0.1, 0.15) is 18.1 Å². The topological polar surface area (TPSA) is 87.0 Å². The summed E-state index contributed by atoms with van der Waals surface area (Å²) in [5.74, 6) is 4.44. The SMILES string of the molecule is CC(=O)Oc1ccc(C#Cc2ccc(O)c(O)c2)cc1O. The molecule has 0 aliphatic carbocycles. The Hall–Kier alpha value is -3.13. The maximum atomic E-state index is 10.8. The number of hydrogen-bond acceptors (Lipinski definition) is 5. The molecule has 0 bridgehead atoms. The first-order chi connectivity index (χ1) is 9.95. The lowest BCUT2D eigenvalue weighted by atomic mass is 10.1. The van der Waals surface area contributed by atoms with Crippen molar-refractivity contribution in [3.63, 3.8) is 0 Å². The predicted octanol–water partition coefficient (Wildman–Crippen LogP) is 2.13. The van der Waals surface area contributed by atoms with Crippen molar-refractivity contribution in [2.45, 2.75) is 6.92 Å². The molecule has 21 heavy (non-hydrogen) atoms. The molecule has 0 atom stereocenters. The van der Waals surface area contributed by atoms with Crippen molar-refractivity contribution < 1.29 is 24.9 Å². The molecule has 0 heterocycles. The number of benzene rings is 2. The minimum absolute atomic E-state index is 0.0651. The maximum absolute atomic E-state index is 10.8. The number of carbonyl (C=O) groups excluding carboxylic acids is 1. The second kappa shape index (κ2) is 5.88. The fraction of sp³-hybridized carbons (Fsp3) is 0.0625. The van der Waals surface area contributed by atoms with E-state index in [2.05, 4.69) is 11.8 Å². The number of phenolic OH excluding ortho intramolecular Hbond substituents is 3. The summed E-state index contributed by atoms with van der Waals surface area (Å²) >= 11 is 0. The van der Waals surface area contributed by atoms with E-state index >= 15 is 0 Å². The highest BCUT2D eigenvalue weighted by Crippen LogP contribution is 2.27. The van der Waals surface area contributed by atoms with Crippen LogP contribution in [0.5, 0.6) is 23.0 Å². The molecule has 0 amide bonds.